The normalized spacial score (nSPS) is 20.5. The van der Waals surface area contributed by atoms with Gasteiger partial charge in [-0.15, -0.1) is 24.0 Å². The highest BCUT2D eigenvalue weighted by Crippen LogP contribution is 2.17. The van der Waals surface area contributed by atoms with Gasteiger partial charge in [-0.05, 0) is 62.6 Å². The van der Waals surface area contributed by atoms with Crippen LogP contribution >= 0.6 is 24.0 Å². The summed E-state index contributed by atoms with van der Waals surface area (Å²) in [5.74, 6) is 1.90. The monoisotopic (exact) mass is 498 g/mol. The molecule has 0 saturated carbocycles. The highest BCUT2D eigenvalue weighted by atomic mass is 127. The second-order valence-corrected chi connectivity index (χ2v) is 7.91. The summed E-state index contributed by atoms with van der Waals surface area (Å²) in [6, 6.07) is 8.00. The van der Waals surface area contributed by atoms with Crippen molar-refractivity contribution >= 4 is 35.8 Å². The molecule has 0 aliphatic carbocycles. The van der Waals surface area contributed by atoms with Crippen molar-refractivity contribution in [2.75, 3.05) is 32.7 Å². The van der Waals surface area contributed by atoms with E-state index in [0.717, 1.165) is 68.6 Å². The zero-order valence-electron chi connectivity index (χ0n) is 17.3. The summed E-state index contributed by atoms with van der Waals surface area (Å²) in [6.07, 6.45) is 6.04. The summed E-state index contributed by atoms with van der Waals surface area (Å²) in [7, 11) is 0. The van der Waals surface area contributed by atoms with Gasteiger partial charge in [-0.25, -0.2) is 4.99 Å². The summed E-state index contributed by atoms with van der Waals surface area (Å²) in [4.78, 5) is 21.8. The highest BCUT2D eigenvalue weighted by Gasteiger charge is 2.19. The van der Waals surface area contributed by atoms with Gasteiger partial charge in [-0.3, -0.25) is 4.79 Å². The molecule has 2 heterocycles. The molecule has 156 valence electrons. The van der Waals surface area contributed by atoms with E-state index in [4.69, 9.17) is 4.99 Å². The summed E-state index contributed by atoms with van der Waals surface area (Å²) in [5, 5.41) is 3.43. The van der Waals surface area contributed by atoms with E-state index in [-0.39, 0.29) is 29.9 Å². The maximum atomic E-state index is 12.6. The summed E-state index contributed by atoms with van der Waals surface area (Å²) < 4.78 is 0. The van der Waals surface area contributed by atoms with Crippen molar-refractivity contribution < 1.29 is 4.79 Å². The minimum Gasteiger partial charge on any atom is -0.357 e. The molecule has 2 aliphatic heterocycles. The van der Waals surface area contributed by atoms with Crippen LogP contribution in [0.15, 0.2) is 29.3 Å². The number of hydrogen-bond acceptors (Lipinski definition) is 2. The number of likely N-dealkylation sites (tertiary alicyclic amines) is 2. The molecule has 1 aromatic rings. The van der Waals surface area contributed by atoms with Gasteiger partial charge < -0.3 is 15.1 Å². The van der Waals surface area contributed by atoms with Crippen LogP contribution in [0.3, 0.4) is 0 Å². The molecule has 3 rings (SSSR count). The predicted molar refractivity (Wildman–Crippen MR) is 126 cm³/mol. The second-order valence-electron chi connectivity index (χ2n) is 7.91. The Morgan fingerprint density at radius 2 is 1.75 bits per heavy atom. The number of nitrogens with zero attached hydrogens (tertiary/aromatic N) is 3. The lowest BCUT2D eigenvalue weighted by Gasteiger charge is -2.33. The number of halogens is 1. The Balaban J connectivity index is 0.00000280. The van der Waals surface area contributed by atoms with Gasteiger partial charge >= 0.3 is 0 Å². The quantitative estimate of drug-likeness (QED) is 0.386. The van der Waals surface area contributed by atoms with Crippen molar-refractivity contribution in [3.05, 3.63) is 35.4 Å². The van der Waals surface area contributed by atoms with Crippen molar-refractivity contribution in [1.82, 2.24) is 15.1 Å². The van der Waals surface area contributed by atoms with Gasteiger partial charge in [-0.2, -0.15) is 0 Å². The van der Waals surface area contributed by atoms with Crippen LogP contribution in [0.25, 0.3) is 0 Å². The van der Waals surface area contributed by atoms with Crippen molar-refractivity contribution in [3.63, 3.8) is 0 Å². The molecule has 0 bridgehead atoms. The zero-order chi connectivity index (χ0) is 19.1. The number of benzene rings is 1. The van der Waals surface area contributed by atoms with Crippen molar-refractivity contribution in [2.45, 2.75) is 52.5 Å². The molecule has 1 unspecified atom stereocenters. The third-order valence-corrected chi connectivity index (χ3v) is 5.55. The van der Waals surface area contributed by atoms with Gasteiger partial charge in [-0.1, -0.05) is 19.1 Å². The van der Waals surface area contributed by atoms with E-state index in [2.05, 4.69) is 24.1 Å². The first-order valence-electron chi connectivity index (χ1n) is 10.6. The Kier molecular flexibility index (Phi) is 9.55. The average Bonchev–Trinajstić information content (AvgIpc) is 2.71. The Bertz CT molecular complexity index is 640. The van der Waals surface area contributed by atoms with Gasteiger partial charge in [0.15, 0.2) is 5.96 Å². The van der Waals surface area contributed by atoms with Crippen LogP contribution in [-0.4, -0.2) is 54.4 Å². The number of hydrogen-bond donors (Lipinski definition) is 1. The number of nitrogens with one attached hydrogen (secondary N) is 1. The van der Waals surface area contributed by atoms with E-state index >= 15 is 0 Å². The molecule has 0 spiro atoms. The van der Waals surface area contributed by atoms with E-state index < -0.39 is 0 Å². The van der Waals surface area contributed by atoms with E-state index in [9.17, 15) is 4.79 Å². The largest absolute Gasteiger partial charge is 0.357 e. The Labute approximate surface area is 187 Å². The SMILES string of the molecule is CCNC(=NCc1ccc(C(=O)N2CCCCC2)cc1)N1CCCC(C)C1.I. The topological polar surface area (TPSA) is 47.9 Å². The van der Waals surface area contributed by atoms with Gasteiger partial charge in [0, 0.05) is 38.3 Å². The Morgan fingerprint density at radius 3 is 2.39 bits per heavy atom. The fourth-order valence-corrected chi connectivity index (χ4v) is 4.01. The molecule has 1 N–H and O–H groups in total. The highest BCUT2D eigenvalue weighted by molar-refractivity contribution is 14.0. The fraction of sp³-hybridized carbons (Fsp3) is 0.636. The van der Waals surface area contributed by atoms with Crippen LogP contribution in [0, 0.1) is 5.92 Å². The molecule has 5 nitrogen and oxygen atoms in total. The molecule has 0 aromatic heterocycles. The maximum absolute atomic E-state index is 12.6. The molecule has 2 aliphatic rings. The molecule has 1 amide bonds. The number of amides is 1. The van der Waals surface area contributed by atoms with Gasteiger partial charge in [0.05, 0.1) is 6.54 Å². The molecule has 1 aromatic carbocycles. The van der Waals surface area contributed by atoms with Gasteiger partial charge in [0.2, 0.25) is 0 Å². The van der Waals surface area contributed by atoms with Crippen molar-refractivity contribution in [3.8, 4) is 0 Å². The maximum Gasteiger partial charge on any atom is 0.253 e. The van der Waals surface area contributed by atoms with E-state index in [0.29, 0.717) is 6.54 Å². The second kappa shape index (κ2) is 11.6. The van der Waals surface area contributed by atoms with Crippen molar-refractivity contribution in [1.29, 1.82) is 0 Å². The van der Waals surface area contributed by atoms with Crippen LogP contribution in [0.5, 0.6) is 0 Å². The third kappa shape index (κ3) is 6.36. The number of aliphatic imine (C=N–C) groups is 1. The Morgan fingerprint density at radius 1 is 1.07 bits per heavy atom. The standard InChI is InChI=1S/C22H34N4O.HI/c1-3-23-22(26-15-7-8-18(2)17-26)24-16-19-9-11-20(12-10-19)21(27)25-13-5-4-6-14-25;/h9-12,18H,3-8,13-17H2,1-2H3,(H,23,24);1H. The number of piperidine rings is 2. The average molecular weight is 498 g/mol. The first-order chi connectivity index (χ1) is 13.2. The van der Waals surface area contributed by atoms with Crippen LogP contribution in [0.2, 0.25) is 0 Å². The fourth-order valence-electron chi connectivity index (χ4n) is 4.01. The third-order valence-electron chi connectivity index (χ3n) is 5.55. The number of carbonyl (C=O) groups excluding carboxylic acids is 1. The summed E-state index contributed by atoms with van der Waals surface area (Å²) in [5.41, 5.74) is 1.94. The molecule has 6 heteroatoms. The summed E-state index contributed by atoms with van der Waals surface area (Å²) in [6.45, 7) is 9.90. The predicted octanol–water partition coefficient (Wildman–Crippen LogP) is 4.13. The zero-order valence-corrected chi connectivity index (χ0v) is 19.7. The van der Waals surface area contributed by atoms with E-state index in [1.807, 2.05) is 29.2 Å². The summed E-state index contributed by atoms with van der Waals surface area (Å²) >= 11 is 0. The lowest BCUT2D eigenvalue weighted by Crippen LogP contribution is -2.46. The lowest BCUT2D eigenvalue weighted by atomic mass is 10.0. The van der Waals surface area contributed by atoms with Crippen LogP contribution in [0.4, 0.5) is 0 Å². The molecule has 1 atom stereocenters. The molecule has 0 radical (unpaired) electrons. The minimum absolute atomic E-state index is 0. The van der Waals surface area contributed by atoms with Gasteiger partial charge in [0.25, 0.3) is 5.91 Å². The van der Waals surface area contributed by atoms with Crippen LogP contribution in [-0.2, 0) is 6.54 Å². The first-order valence-corrected chi connectivity index (χ1v) is 10.6. The van der Waals surface area contributed by atoms with Crippen LogP contribution in [0.1, 0.15) is 61.9 Å². The van der Waals surface area contributed by atoms with Crippen molar-refractivity contribution in [2.24, 2.45) is 10.9 Å². The van der Waals surface area contributed by atoms with Crippen LogP contribution < -0.4 is 5.32 Å². The smallest absolute Gasteiger partial charge is 0.253 e. The van der Waals surface area contributed by atoms with E-state index in [1.54, 1.807) is 0 Å². The number of guanidine groups is 1. The molecular formula is C22H35IN4O. The first kappa shape index (κ1) is 23.0. The number of rotatable bonds is 4. The molecule has 28 heavy (non-hydrogen) atoms. The lowest BCUT2D eigenvalue weighted by molar-refractivity contribution is 0.0724. The molecule has 2 saturated heterocycles. The molecule has 2 fully saturated rings. The number of carbonyl (C=O) groups is 1. The molecular weight excluding hydrogens is 463 g/mol. The van der Waals surface area contributed by atoms with Gasteiger partial charge in [0.1, 0.15) is 0 Å². The Hall–Kier alpha value is -1.31. The van der Waals surface area contributed by atoms with E-state index in [1.165, 1.54) is 19.3 Å². The minimum atomic E-state index is 0.